The first-order valence-corrected chi connectivity index (χ1v) is 11.6. The van der Waals surface area contributed by atoms with Gasteiger partial charge in [-0.1, -0.05) is 36.0 Å². The lowest BCUT2D eigenvalue weighted by atomic mass is 10.1. The maximum absolute atomic E-state index is 11.8. The summed E-state index contributed by atoms with van der Waals surface area (Å²) in [5, 5.41) is 5.13. The fraction of sp³-hybridized carbons (Fsp3) is 0.292. The standard InChI is InChI=1S/C24H27N5O3S/c1-28(24(12-4-6-14-26-24)29(2)21-7-3-5-13-25-21)15-16-32-19-10-8-18(9-11-19)17-20-22(30)27-23(31)33-20/h3-14,20,26H,15-17H2,1-2H3,(H,27,30,31). The fourth-order valence-electron chi connectivity index (χ4n) is 3.83. The molecule has 172 valence electrons. The lowest BCUT2D eigenvalue weighted by molar-refractivity contribution is -0.118. The molecule has 2 N–H and O–H groups in total. The summed E-state index contributed by atoms with van der Waals surface area (Å²) in [4.78, 5) is 31.8. The van der Waals surface area contributed by atoms with Crippen LogP contribution in [0, 0.1) is 0 Å². The minimum Gasteiger partial charge on any atom is -0.492 e. The number of thioether (sulfide) groups is 1. The number of amides is 2. The van der Waals surface area contributed by atoms with Crippen molar-refractivity contribution in [1.82, 2.24) is 20.5 Å². The molecule has 33 heavy (non-hydrogen) atoms. The molecule has 0 aliphatic carbocycles. The van der Waals surface area contributed by atoms with Crippen molar-refractivity contribution in [3.63, 3.8) is 0 Å². The summed E-state index contributed by atoms with van der Waals surface area (Å²) in [7, 11) is 4.04. The van der Waals surface area contributed by atoms with E-state index in [0.29, 0.717) is 19.6 Å². The van der Waals surface area contributed by atoms with Gasteiger partial charge in [-0.2, -0.15) is 0 Å². The van der Waals surface area contributed by atoms with Crippen molar-refractivity contribution in [2.24, 2.45) is 0 Å². The number of nitrogens with one attached hydrogen (secondary N) is 2. The Morgan fingerprint density at radius 3 is 2.58 bits per heavy atom. The minimum absolute atomic E-state index is 0.224. The van der Waals surface area contributed by atoms with Crippen LogP contribution in [0.15, 0.2) is 73.1 Å². The molecule has 0 saturated carbocycles. The Morgan fingerprint density at radius 1 is 1.12 bits per heavy atom. The summed E-state index contributed by atoms with van der Waals surface area (Å²) in [6.07, 6.45) is 10.3. The third-order valence-corrected chi connectivity index (χ3v) is 6.71. The second kappa shape index (κ2) is 10.1. The third-order valence-electron chi connectivity index (χ3n) is 5.72. The molecule has 8 nitrogen and oxygen atoms in total. The Morgan fingerprint density at radius 2 is 1.94 bits per heavy atom. The van der Waals surface area contributed by atoms with Crippen LogP contribution in [-0.4, -0.2) is 59.3 Å². The van der Waals surface area contributed by atoms with E-state index in [-0.39, 0.29) is 16.4 Å². The molecule has 1 aromatic carbocycles. The van der Waals surface area contributed by atoms with E-state index in [4.69, 9.17) is 4.74 Å². The van der Waals surface area contributed by atoms with Crippen LogP contribution >= 0.6 is 11.8 Å². The number of hydrogen-bond acceptors (Lipinski definition) is 8. The number of nitrogens with zero attached hydrogens (tertiary/aromatic N) is 3. The number of pyridine rings is 1. The molecule has 1 saturated heterocycles. The average molecular weight is 466 g/mol. The Balaban J connectivity index is 1.34. The Bertz CT molecular complexity index is 1040. The van der Waals surface area contributed by atoms with Crippen LogP contribution in [0.2, 0.25) is 0 Å². The number of carbonyl (C=O) groups excluding carboxylic acids is 2. The lowest BCUT2D eigenvalue weighted by Gasteiger charge is -2.47. The maximum atomic E-state index is 11.8. The SMILES string of the molecule is CN(CCOc1ccc(CC2SC(=O)NC2=O)cc1)C1(N(C)c2ccccn2)C=CC=CN1. The van der Waals surface area contributed by atoms with Gasteiger partial charge in [-0.15, -0.1) is 0 Å². The molecule has 2 aromatic rings. The smallest absolute Gasteiger partial charge is 0.286 e. The van der Waals surface area contributed by atoms with Gasteiger partial charge in [0.1, 0.15) is 18.2 Å². The molecule has 3 heterocycles. The molecule has 1 aromatic heterocycles. The van der Waals surface area contributed by atoms with Gasteiger partial charge in [-0.25, -0.2) is 4.98 Å². The Hall–Kier alpha value is -3.30. The predicted octanol–water partition coefficient (Wildman–Crippen LogP) is 2.75. The van der Waals surface area contributed by atoms with E-state index < -0.39 is 5.79 Å². The third kappa shape index (κ3) is 5.20. The van der Waals surface area contributed by atoms with Crippen LogP contribution in [0.5, 0.6) is 5.75 Å². The normalized spacial score (nSPS) is 21.7. The van der Waals surface area contributed by atoms with Gasteiger partial charge in [0.05, 0.1) is 5.25 Å². The number of aromatic nitrogens is 1. The van der Waals surface area contributed by atoms with Gasteiger partial charge in [-0.3, -0.25) is 19.8 Å². The molecular formula is C24H27N5O3S. The topological polar surface area (TPSA) is 86.8 Å². The number of benzene rings is 1. The van der Waals surface area contributed by atoms with Crippen LogP contribution in [-0.2, 0) is 11.2 Å². The summed E-state index contributed by atoms with van der Waals surface area (Å²) in [6.45, 7) is 1.15. The first kappa shape index (κ1) is 22.9. The highest BCUT2D eigenvalue weighted by atomic mass is 32.2. The highest BCUT2D eigenvalue weighted by Crippen LogP contribution is 2.26. The molecular weight excluding hydrogens is 438 g/mol. The van der Waals surface area contributed by atoms with Gasteiger partial charge in [0.25, 0.3) is 5.24 Å². The van der Waals surface area contributed by atoms with E-state index in [0.717, 1.165) is 28.9 Å². The monoisotopic (exact) mass is 465 g/mol. The van der Waals surface area contributed by atoms with Crippen LogP contribution in [0.3, 0.4) is 0 Å². The molecule has 2 atom stereocenters. The van der Waals surface area contributed by atoms with Crippen molar-refractivity contribution in [2.45, 2.75) is 17.5 Å². The van der Waals surface area contributed by atoms with Crippen molar-refractivity contribution in [3.8, 4) is 5.75 Å². The van der Waals surface area contributed by atoms with Gasteiger partial charge in [0.2, 0.25) is 5.91 Å². The summed E-state index contributed by atoms with van der Waals surface area (Å²) in [6, 6.07) is 13.5. The van der Waals surface area contributed by atoms with Crippen molar-refractivity contribution < 1.29 is 14.3 Å². The van der Waals surface area contributed by atoms with Gasteiger partial charge in [0, 0.05) is 19.8 Å². The molecule has 2 aliphatic heterocycles. The summed E-state index contributed by atoms with van der Waals surface area (Å²) in [5.41, 5.74) is 0.987. The largest absolute Gasteiger partial charge is 0.492 e. The molecule has 2 aliphatic rings. The van der Waals surface area contributed by atoms with E-state index in [2.05, 4.69) is 31.5 Å². The average Bonchev–Trinajstić information content (AvgIpc) is 3.16. The van der Waals surface area contributed by atoms with E-state index in [1.165, 1.54) is 0 Å². The van der Waals surface area contributed by atoms with Gasteiger partial charge < -0.3 is 15.0 Å². The van der Waals surface area contributed by atoms with Gasteiger partial charge in [-0.05, 0) is 61.6 Å². The minimum atomic E-state index is -0.576. The quantitative estimate of drug-likeness (QED) is 0.547. The number of likely N-dealkylation sites (N-methyl/N-ethyl adjacent to an activating group) is 2. The number of allylic oxidation sites excluding steroid dienone is 2. The zero-order valence-corrected chi connectivity index (χ0v) is 19.4. The zero-order chi connectivity index (χ0) is 23.3. The van der Waals surface area contributed by atoms with Crippen LogP contribution < -0.4 is 20.3 Å². The highest BCUT2D eigenvalue weighted by molar-refractivity contribution is 8.15. The number of imide groups is 1. The molecule has 4 rings (SSSR count). The highest BCUT2D eigenvalue weighted by Gasteiger charge is 2.37. The zero-order valence-electron chi connectivity index (χ0n) is 18.6. The predicted molar refractivity (Wildman–Crippen MR) is 130 cm³/mol. The molecule has 0 radical (unpaired) electrons. The lowest BCUT2D eigenvalue weighted by Crippen LogP contribution is -2.66. The number of carbonyl (C=O) groups is 2. The molecule has 2 amide bonds. The summed E-state index contributed by atoms with van der Waals surface area (Å²) >= 11 is 1.04. The Labute approximate surface area is 197 Å². The van der Waals surface area contributed by atoms with Crippen molar-refractivity contribution >= 4 is 28.7 Å². The van der Waals surface area contributed by atoms with Crippen LogP contribution in [0.1, 0.15) is 5.56 Å². The summed E-state index contributed by atoms with van der Waals surface area (Å²) < 4.78 is 5.98. The number of hydrogen-bond donors (Lipinski definition) is 2. The van der Waals surface area contributed by atoms with E-state index in [9.17, 15) is 9.59 Å². The van der Waals surface area contributed by atoms with E-state index in [1.54, 1.807) is 6.20 Å². The number of anilines is 1. The second-order valence-corrected chi connectivity index (χ2v) is 9.01. The Kier molecular flexibility index (Phi) is 7.00. The molecule has 2 unspecified atom stereocenters. The summed E-state index contributed by atoms with van der Waals surface area (Å²) in [5.74, 6) is 0.806. The van der Waals surface area contributed by atoms with Crippen molar-refractivity contribution in [1.29, 1.82) is 0 Å². The fourth-order valence-corrected chi connectivity index (χ4v) is 4.69. The van der Waals surface area contributed by atoms with E-state index >= 15 is 0 Å². The van der Waals surface area contributed by atoms with Crippen LogP contribution in [0.4, 0.5) is 10.6 Å². The van der Waals surface area contributed by atoms with E-state index in [1.807, 2.05) is 74.9 Å². The molecule has 0 bridgehead atoms. The molecule has 1 fully saturated rings. The van der Waals surface area contributed by atoms with Gasteiger partial charge in [0.15, 0.2) is 5.79 Å². The van der Waals surface area contributed by atoms with Gasteiger partial charge >= 0.3 is 0 Å². The molecule has 9 heteroatoms. The molecule has 0 spiro atoms. The maximum Gasteiger partial charge on any atom is 0.286 e. The van der Waals surface area contributed by atoms with Crippen molar-refractivity contribution in [2.75, 3.05) is 32.1 Å². The number of ether oxygens (including phenoxy) is 1. The first-order valence-electron chi connectivity index (χ1n) is 10.7. The number of rotatable bonds is 9. The first-order chi connectivity index (χ1) is 16.0. The van der Waals surface area contributed by atoms with Crippen LogP contribution in [0.25, 0.3) is 0 Å². The second-order valence-electron chi connectivity index (χ2n) is 7.84. The number of dihydropyridines is 1. The van der Waals surface area contributed by atoms with Crippen molar-refractivity contribution in [3.05, 3.63) is 78.7 Å².